The molecule has 4 heterocycles. The molecular weight excluding hydrogens is 778 g/mol. The number of amides is 2. The van der Waals surface area contributed by atoms with Crippen LogP contribution in [0.4, 0.5) is 4.79 Å². The number of rotatable bonds is 5. The summed E-state index contributed by atoms with van der Waals surface area (Å²) in [5, 5.41) is 40.0. The Morgan fingerprint density at radius 3 is 2.27 bits per heavy atom. The first-order valence-electron chi connectivity index (χ1n) is 20.4. The van der Waals surface area contributed by atoms with Crippen LogP contribution < -0.4 is 15.4 Å². The summed E-state index contributed by atoms with van der Waals surface area (Å²) in [6.07, 6.45) is 2.60. The van der Waals surface area contributed by atoms with Crippen LogP contribution in [-0.2, 0) is 23.7 Å². The number of hydrogen-bond donors (Lipinski definition) is 5. The van der Waals surface area contributed by atoms with Crippen molar-refractivity contribution in [2.45, 2.75) is 92.5 Å². The van der Waals surface area contributed by atoms with Gasteiger partial charge in [0, 0.05) is 68.5 Å². The molecule has 16 nitrogen and oxygen atoms in total. The maximum Gasteiger partial charge on any atom is 0.407 e. The number of allylic oxidation sites excluding steroid dienone is 4. The zero-order valence-electron chi connectivity index (χ0n) is 36.0. The molecule has 9 atom stereocenters. The van der Waals surface area contributed by atoms with E-state index in [0.29, 0.717) is 6.54 Å². The number of fused-ring (bicyclic) bond motifs is 14. The van der Waals surface area contributed by atoms with Gasteiger partial charge in [0.2, 0.25) is 11.6 Å². The van der Waals surface area contributed by atoms with Crippen LogP contribution in [0.25, 0.3) is 0 Å². The van der Waals surface area contributed by atoms with Crippen LogP contribution in [0, 0.1) is 36.5 Å². The normalized spacial score (nSPS) is 32.5. The summed E-state index contributed by atoms with van der Waals surface area (Å²) in [7, 11) is 1.43. The van der Waals surface area contributed by atoms with E-state index in [1.165, 1.54) is 46.3 Å². The highest BCUT2D eigenvalue weighted by Crippen LogP contribution is 2.49. The van der Waals surface area contributed by atoms with Gasteiger partial charge in [-0.3, -0.25) is 19.2 Å². The number of morpholine rings is 1. The van der Waals surface area contributed by atoms with Crippen molar-refractivity contribution < 1.29 is 63.0 Å². The number of nitrogens with zero attached hydrogens (tertiary/aromatic N) is 1. The summed E-state index contributed by atoms with van der Waals surface area (Å²) >= 11 is 0. The number of aliphatic hydroxyl groups is 2. The maximum absolute atomic E-state index is 14.7. The molecule has 1 aromatic rings. The summed E-state index contributed by atoms with van der Waals surface area (Å²) in [5.41, 5.74) is -1.49. The molecule has 1 saturated heterocycles. The van der Waals surface area contributed by atoms with Gasteiger partial charge in [0.15, 0.2) is 0 Å². The van der Waals surface area contributed by atoms with Gasteiger partial charge in [-0.1, -0.05) is 59.8 Å². The summed E-state index contributed by atoms with van der Waals surface area (Å²) in [6.45, 7) is 16.2. The molecule has 1 aromatic carbocycles. The van der Waals surface area contributed by atoms with Crippen molar-refractivity contribution in [2.24, 2.45) is 29.6 Å². The first kappa shape index (κ1) is 46.0. The zero-order valence-corrected chi connectivity index (χ0v) is 36.0. The average Bonchev–Trinajstić information content (AvgIpc) is 3.48. The van der Waals surface area contributed by atoms with Gasteiger partial charge in [0.1, 0.15) is 29.0 Å². The second-order valence-electron chi connectivity index (χ2n) is 16.7. The Kier molecular flexibility index (Phi) is 14.4. The number of ether oxygens (including phenoxy) is 5. The minimum atomic E-state index is -2.09. The maximum atomic E-state index is 14.7. The molecule has 2 amide bonds. The molecule has 6 rings (SSSR count). The highest BCUT2D eigenvalue weighted by atomic mass is 16.7. The average molecular weight is 838 g/mol. The lowest BCUT2D eigenvalue weighted by atomic mass is 9.78. The highest BCUT2D eigenvalue weighted by molar-refractivity contribution is 6.32. The van der Waals surface area contributed by atoms with E-state index in [-0.39, 0.29) is 71.6 Å². The largest absolute Gasteiger partial charge is 0.507 e. The summed E-state index contributed by atoms with van der Waals surface area (Å²) < 4.78 is 29.4. The van der Waals surface area contributed by atoms with E-state index in [4.69, 9.17) is 23.7 Å². The molecule has 16 heteroatoms. The van der Waals surface area contributed by atoms with Gasteiger partial charge in [0.25, 0.3) is 11.7 Å². The molecule has 1 fully saturated rings. The van der Waals surface area contributed by atoms with Gasteiger partial charge >= 0.3 is 11.9 Å². The number of carbonyl (C=O) groups is 5. The Morgan fingerprint density at radius 1 is 0.967 bits per heavy atom. The number of nitrogens with one attached hydrogen (secondary N) is 2. The first-order valence-corrected chi connectivity index (χ1v) is 20.4. The van der Waals surface area contributed by atoms with E-state index in [1.807, 2.05) is 13.8 Å². The van der Waals surface area contributed by atoms with Gasteiger partial charge < -0.3 is 54.5 Å². The van der Waals surface area contributed by atoms with Gasteiger partial charge in [-0.05, 0) is 25.8 Å². The lowest BCUT2D eigenvalue weighted by Gasteiger charge is -2.38. The molecule has 328 valence electrons. The van der Waals surface area contributed by atoms with Gasteiger partial charge in [-0.25, -0.2) is 4.79 Å². The SMILES string of the molecule is CO[C@H]1/C=C/O[C@@]2(C)Oc3c(C)c(O)c4c(c3C2=O)C(=O)C(N2CCOCC2)=C(NC(=O)/C(C)=C\C=C\[C@H](C)[C@H](O)[C@@H](C)[C@@H](O)[C@@H](C)[C@H](OC(=O)NCC(C)C)[C@@H]1C)C4=O. The van der Waals surface area contributed by atoms with E-state index in [1.54, 1.807) is 44.7 Å². The number of methoxy groups -OCH3 is 1. The Morgan fingerprint density at radius 2 is 1.63 bits per heavy atom. The second kappa shape index (κ2) is 18.7. The van der Waals surface area contributed by atoms with Gasteiger partial charge in [-0.15, -0.1) is 0 Å². The van der Waals surface area contributed by atoms with Crippen molar-refractivity contribution in [3.63, 3.8) is 0 Å². The van der Waals surface area contributed by atoms with Gasteiger partial charge in [0.05, 0.1) is 54.5 Å². The van der Waals surface area contributed by atoms with E-state index >= 15 is 0 Å². The monoisotopic (exact) mass is 837 g/mol. The minimum Gasteiger partial charge on any atom is -0.507 e. The lowest BCUT2D eigenvalue weighted by molar-refractivity contribution is -0.116. The van der Waals surface area contributed by atoms with Crippen LogP contribution in [0.3, 0.4) is 0 Å². The van der Waals surface area contributed by atoms with Crippen LogP contribution in [0.1, 0.15) is 92.0 Å². The quantitative estimate of drug-likeness (QED) is 0.282. The fourth-order valence-corrected chi connectivity index (χ4v) is 8.03. The zero-order chi connectivity index (χ0) is 44.4. The number of Topliss-reactive ketones (excluding diaryl/α,β-unsaturated/α-hetero) is 3. The van der Waals surface area contributed by atoms with Crippen molar-refractivity contribution in [2.75, 3.05) is 40.0 Å². The number of phenolic OH excluding ortho intramolecular Hbond substituents is 1. The predicted octanol–water partition coefficient (Wildman–Crippen LogP) is 4.11. The van der Waals surface area contributed by atoms with Crippen LogP contribution in [0.5, 0.6) is 11.5 Å². The highest BCUT2D eigenvalue weighted by Gasteiger charge is 2.53. The molecule has 0 spiro atoms. The number of hydrogen-bond acceptors (Lipinski definition) is 14. The summed E-state index contributed by atoms with van der Waals surface area (Å²) in [5.74, 6) is -8.53. The molecule has 0 saturated carbocycles. The van der Waals surface area contributed by atoms with Gasteiger partial charge in [-0.2, -0.15) is 0 Å². The molecule has 0 radical (unpaired) electrons. The third kappa shape index (κ3) is 9.02. The molecule has 4 aliphatic heterocycles. The molecule has 0 aromatic heterocycles. The molecule has 5 aliphatic rings. The standard InChI is InChI=1S/C44H59N3O13/c1-21(2)20-45-43(55)59-39-24(5)28(56-10)14-17-58-44(9)41(53)31-29-30(36(50)27(8)40(31)60-44)37(51)32(33(38(29)52)47-15-18-57-19-16-47)46-42(54)23(4)13-11-12-22(3)34(48)25(6)35(49)26(39)7/h11-14,17,21-22,24-26,28,34-35,39,48-50H,15-16,18-20H2,1-10H3,(H,45,55)(H,46,54)/b12-11+,17-14+,23-13-/t22-,24+,25+,26+,28-,34-,35+,39+,44-/m0/s1. The first-order chi connectivity index (χ1) is 28.2. The number of carbonyl (C=O) groups excluding carboxylic acids is 5. The lowest BCUT2D eigenvalue weighted by Crippen LogP contribution is -2.48. The van der Waals surface area contributed by atoms with Crippen molar-refractivity contribution >= 4 is 29.4 Å². The number of benzene rings is 1. The fraction of sp³-hybridized carbons (Fsp3) is 0.568. The number of alkyl carbamates (subject to hydrolysis) is 1. The van der Waals surface area contributed by atoms with Crippen LogP contribution in [-0.4, -0.2) is 120 Å². The summed E-state index contributed by atoms with van der Waals surface area (Å²) in [4.78, 5) is 72.0. The van der Waals surface area contributed by atoms with Crippen molar-refractivity contribution in [1.29, 1.82) is 0 Å². The predicted molar refractivity (Wildman–Crippen MR) is 218 cm³/mol. The second-order valence-corrected chi connectivity index (χ2v) is 16.7. The Bertz CT molecular complexity index is 2000. The minimum absolute atomic E-state index is 0.000931. The Balaban J connectivity index is 1.64. The van der Waals surface area contributed by atoms with Crippen molar-refractivity contribution in [3.8, 4) is 11.5 Å². The topological polar surface area (TPSA) is 219 Å². The molecular formula is C44H59N3O13. The third-order valence-corrected chi connectivity index (χ3v) is 11.9. The molecule has 1 aliphatic carbocycles. The molecule has 5 N–H and O–H groups in total. The Hall–Kier alpha value is -5.03. The van der Waals surface area contributed by atoms with Crippen LogP contribution in [0.15, 0.2) is 47.5 Å². The van der Waals surface area contributed by atoms with Crippen LogP contribution in [0.2, 0.25) is 0 Å². The van der Waals surface area contributed by atoms with Crippen molar-refractivity contribution in [1.82, 2.24) is 15.5 Å². The smallest absolute Gasteiger partial charge is 0.407 e. The third-order valence-electron chi connectivity index (χ3n) is 11.9. The number of aliphatic hydroxyl groups excluding tert-OH is 2. The van der Waals surface area contributed by atoms with Crippen LogP contribution >= 0.6 is 0 Å². The molecule has 0 unspecified atom stereocenters. The molecule has 60 heavy (non-hydrogen) atoms. The Labute approximate surface area is 350 Å². The van der Waals surface area contributed by atoms with Crippen molar-refractivity contribution in [3.05, 3.63) is 69.8 Å². The fourth-order valence-electron chi connectivity index (χ4n) is 8.03. The van der Waals surface area contributed by atoms with E-state index < -0.39 is 94.5 Å². The van der Waals surface area contributed by atoms with E-state index in [2.05, 4.69) is 10.6 Å². The van der Waals surface area contributed by atoms with E-state index in [9.17, 15) is 39.3 Å². The summed E-state index contributed by atoms with van der Waals surface area (Å²) in [6, 6.07) is 0. The molecule has 5 bridgehead atoms. The van der Waals surface area contributed by atoms with E-state index in [0.717, 1.165) is 0 Å². The number of aromatic hydroxyl groups is 1. The number of ketones is 3. The number of phenols is 1.